The van der Waals surface area contributed by atoms with Gasteiger partial charge in [-0.3, -0.25) is 0 Å². The molecule has 0 atom stereocenters. The van der Waals surface area contributed by atoms with Crippen LogP contribution in [0.2, 0.25) is 0 Å². The molecule has 0 spiro atoms. The summed E-state index contributed by atoms with van der Waals surface area (Å²) in [6, 6.07) is 11.1. The SMILES string of the molecule is CCNCc1ccc(SCCc2ccsc2)cc1. The number of thioether (sulfide) groups is 1. The molecule has 1 aromatic carbocycles. The molecule has 0 radical (unpaired) electrons. The van der Waals surface area contributed by atoms with Crippen LogP contribution in [-0.2, 0) is 13.0 Å². The molecule has 0 fully saturated rings. The van der Waals surface area contributed by atoms with Gasteiger partial charge in [0.2, 0.25) is 0 Å². The summed E-state index contributed by atoms with van der Waals surface area (Å²) >= 11 is 3.71. The lowest BCUT2D eigenvalue weighted by Gasteiger charge is -2.04. The van der Waals surface area contributed by atoms with Crippen LogP contribution in [0.3, 0.4) is 0 Å². The van der Waals surface area contributed by atoms with Crippen LogP contribution in [0.1, 0.15) is 18.1 Å². The van der Waals surface area contributed by atoms with E-state index in [1.54, 1.807) is 11.3 Å². The van der Waals surface area contributed by atoms with Gasteiger partial charge in [-0.1, -0.05) is 19.1 Å². The van der Waals surface area contributed by atoms with Crippen molar-refractivity contribution in [2.45, 2.75) is 24.8 Å². The first-order valence-corrected chi connectivity index (χ1v) is 8.25. The minimum atomic E-state index is 0.969. The summed E-state index contributed by atoms with van der Waals surface area (Å²) < 4.78 is 0. The van der Waals surface area contributed by atoms with Crippen LogP contribution in [0.5, 0.6) is 0 Å². The summed E-state index contributed by atoms with van der Waals surface area (Å²) in [5, 5.41) is 7.72. The van der Waals surface area contributed by atoms with E-state index in [9.17, 15) is 0 Å². The Hall–Kier alpha value is -0.770. The average Bonchev–Trinajstić information content (AvgIpc) is 2.91. The first-order chi connectivity index (χ1) is 8.88. The van der Waals surface area contributed by atoms with Gasteiger partial charge in [-0.25, -0.2) is 0 Å². The van der Waals surface area contributed by atoms with Crippen LogP contribution in [0.4, 0.5) is 0 Å². The summed E-state index contributed by atoms with van der Waals surface area (Å²) in [5.41, 5.74) is 2.82. The maximum Gasteiger partial charge on any atom is 0.0205 e. The van der Waals surface area contributed by atoms with Gasteiger partial charge in [0.25, 0.3) is 0 Å². The van der Waals surface area contributed by atoms with Crippen LogP contribution in [-0.4, -0.2) is 12.3 Å². The lowest BCUT2D eigenvalue weighted by Crippen LogP contribution is -2.11. The average molecular weight is 277 g/mol. The molecule has 0 unspecified atom stereocenters. The molecule has 0 bridgehead atoms. The second-order valence-corrected chi connectivity index (χ2v) is 6.10. The molecule has 1 nitrogen and oxygen atoms in total. The van der Waals surface area contributed by atoms with E-state index in [1.165, 1.54) is 16.0 Å². The monoisotopic (exact) mass is 277 g/mol. The molecular weight excluding hydrogens is 258 g/mol. The highest BCUT2D eigenvalue weighted by atomic mass is 32.2. The summed E-state index contributed by atoms with van der Waals surface area (Å²) in [6.07, 6.45) is 1.16. The van der Waals surface area contributed by atoms with Crippen LogP contribution in [0.25, 0.3) is 0 Å². The third-order valence-corrected chi connectivity index (χ3v) is 4.49. The third-order valence-electron chi connectivity index (χ3n) is 2.74. The van der Waals surface area contributed by atoms with E-state index in [1.807, 2.05) is 11.8 Å². The highest BCUT2D eigenvalue weighted by molar-refractivity contribution is 7.99. The number of hydrogen-bond donors (Lipinski definition) is 1. The molecule has 0 saturated carbocycles. The van der Waals surface area contributed by atoms with Gasteiger partial charge in [0, 0.05) is 17.2 Å². The number of aryl methyl sites for hydroxylation is 1. The summed E-state index contributed by atoms with van der Waals surface area (Å²) in [6.45, 7) is 4.13. The van der Waals surface area contributed by atoms with Crippen LogP contribution in [0.15, 0.2) is 46.0 Å². The van der Waals surface area contributed by atoms with Crippen molar-refractivity contribution < 1.29 is 0 Å². The Kier molecular flexibility index (Phi) is 5.78. The van der Waals surface area contributed by atoms with Gasteiger partial charge in [-0.05, 0) is 53.1 Å². The second-order valence-electron chi connectivity index (χ2n) is 4.15. The van der Waals surface area contributed by atoms with Crippen molar-refractivity contribution in [3.05, 3.63) is 52.2 Å². The molecule has 3 heteroatoms. The minimum Gasteiger partial charge on any atom is -0.313 e. The molecule has 0 saturated heterocycles. The second kappa shape index (κ2) is 7.62. The molecule has 0 aliphatic heterocycles. The normalized spacial score (nSPS) is 10.7. The fourth-order valence-electron chi connectivity index (χ4n) is 1.69. The molecule has 0 amide bonds. The van der Waals surface area contributed by atoms with Crippen molar-refractivity contribution in [3.8, 4) is 0 Å². The van der Waals surface area contributed by atoms with Crippen molar-refractivity contribution in [1.82, 2.24) is 5.32 Å². The molecular formula is C15H19NS2. The van der Waals surface area contributed by atoms with Crippen molar-refractivity contribution in [3.63, 3.8) is 0 Å². The topological polar surface area (TPSA) is 12.0 Å². The molecule has 18 heavy (non-hydrogen) atoms. The van der Waals surface area contributed by atoms with Gasteiger partial charge < -0.3 is 5.32 Å². The Morgan fingerprint density at radius 2 is 1.94 bits per heavy atom. The highest BCUT2D eigenvalue weighted by Gasteiger charge is 1.97. The Morgan fingerprint density at radius 1 is 1.11 bits per heavy atom. The van der Waals surface area contributed by atoms with E-state index in [0.29, 0.717) is 0 Å². The van der Waals surface area contributed by atoms with Gasteiger partial charge in [0.1, 0.15) is 0 Å². The smallest absolute Gasteiger partial charge is 0.0205 e. The van der Waals surface area contributed by atoms with Crippen molar-refractivity contribution in [2.75, 3.05) is 12.3 Å². The lowest BCUT2D eigenvalue weighted by molar-refractivity contribution is 0.726. The largest absolute Gasteiger partial charge is 0.313 e. The summed E-state index contributed by atoms with van der Waals surface area (Å²) in [4.78, 5) is 1.37. The lowest BCUT2D eigenvalue weighted by atomic mass is 10.2. The minimum absolute atomic E-state index is 0.969. The fraction of sp³-hybridized carbons (Fsp3) is 0.333. The molecule has 2 rings (SSSR count). The predicted octanol–water partition coefficient (Wildman–Crippen LogP) is 4.19. The number of rotatable bonds is 7. The number of thiophene rings is 1. The van der Waals surface area contributed by atoms with E-state index in [0.717, 1.165) is 25.3 Å². The molecule has 0 aliphatic rings. The zero-order chi connectivity index (χ0) is 12.6. The maximum absolute atomic E-state index is 3.34. The number of hydrogen-bond acceptors (Lipinski definition) is 3. The van der Waals surface area contributed by atoms with E-state index in [4.69, 9.17) is 0 Å². The zero-order valence-corrected chi connectivity index (χ0v) is 12.3. The molecule has 2 aromatic rings. The molecule has 1 heterocycles. The van der Waals surface area contributed by atoms with E-state index < -0.39 is 0 Å². The van der Waals surface area contributed by atoms with E-state index >= 15 is 0 Å². The number of benzene rings is 1. The Morgan fingerprint density at radius 3 is 2.61 bits per heavy atom. The molecule has 1 aromatic heterocycles. The van der Waals surface area contributed by atoms with Gasteiger partial charge in [-0.2, -0.15) is 11.3 Å². The quantitative estimate of drug-likeness (QED) is 0.762. The molecule has 96 valence electrons. The third kappa shape index (κ3) is 4.48. The van der Waals surface area contributed by atoms with E-state index in [-0.39, 0.29) is 0 Å². The van der Waals surface area contributed by atoms with Crippen LogP contribution in [0, 0.1) is 0 Å². The molecule has 0 aliphatic carbocycles. The Bertz CT molecular complexity index is 434. The van der Waals surface area contributed by atoms with Crippen molar-refractivity contribution in [2.24, 2.45) is 0 Å². The first kappa shape index (κ1) is 13.7. The predicted molar refractivity (Wildman–Crippen MR) is 82.6 cm³/mol. The molecule has 1 N–H and O–H groups in total. The summed E-state index contributed by atoms with van der Waals surface area (Å²) in [5.74, 6) is 1.16. The zero-order valence-electron chi connectivity index (χ0n) is 10.7. The number of nitrogens with one attached hydrogen (secondary N) is 1. The van der Waals surface area contributed by atoms with Gasteiger partial charge in [-0.15, -0.1) is 11.8 Å². The summed E-state index contributed by atoms with van der Waals surface area (Å²) in [7, 11) is 0. The van der Waals surface area contributed by atoms with Crippen LogP contribution >= 0.6 is 23.1 Å². The van der Waals surface area contributed by atoms with Gasteiger partial charge in [0.05, 0.1) is 0 Å². The van der Waals surface area contributed by atoms with Crippen LogP contribution < -0.4 is 5.32 Å². The standard InChI is InChI=1S/C15H19NS2/c1-2-16-11-13-3-5-15(6-4-13)18-10-8-14-7-9-17-12-14/h3-7,9,12,16H,2,8,10-11H2,1H3. The van der Waals surface area contributed by atoms with Gasteiger partial charge in [0.15, 0.2) is 0 Å². The Balaban J connectivity index is 1.75. The first-order valence-electron chi connectivity index (χ1n) is 6.32. The van der Waals surface area contributed by atoms with Gasteiger partial charge >= 0.3 is 0 Å². The van der Waals surface area contributed by atoms with Crippen molar-refractivity contribution >= 4 is 23.1 Å². The highest BCUT2D eigenvalue weighted by Crippen LogP contribution is 2.20. The fourth-order valence-corrected chi connectivity index (χ4v) is 3.30. The van der Waals surface area contributed by atoms with Crippen molar-refractivity contribution in [1.29, 1.82) is 0 Å². The maximum atomic E-state index is 3.34. The van der Waals surface area contributed by atoms with E-state index in [2.05, 4.69) is 53.3 Å². The Labute approximate surface area is 118 Å².